The van der Waals surface area contributed by atoms with Crippen LogP contribution in [0.5, 0.6) is 0 Å². The molecule has 0 aliphatic rings. The van der Waals surface area contributed by atoms with Gasteiger partial charge in [0.15, 0.2) is 0 Å². The number of nitrogens with two attached hydrogens (primary N) is 1. The molecule has 2 rings (SSSR count). The maximum atomic E-state index is 10.7. The van der Waals surface area contributed by atoms with Crippen LogP contribution in [-0.4, -0.2) is 4.92 Å². The van der Waals surface area contributed by atoms with E-state index in [0.717, 1.165) is 9.26 Å². The van der Waals surface area contributed by atoms with Gasteiger partial charge in [0.2, 0.25) is 0 Å². The van der Waals surface area contributed by atoms with Crippen LogP contribution in [0, 0.1) is 13.7 Å². The highest BCUT2D eigenvalue weighted by Gasteiger charge is 2.11. The molecule has 2 aromatic rings. The second kappa shape index (κ2) is 5.62. The molecule has 0 heterocycles. The van der Waals surface area contributed by atoms with E-state index >= 15 is 0 Å². The molecule has 98 valence electrons. The Morgan fingerprint density at radius 3 is 2.58 bits per heavy atom. The predicted molar refractivity (Wildman–Crippen MR) is 85.0 cm³/mol. The maximum absolute atomic E-state index is 10.7. The molecule has 0 aromatic heterocycles. The van der Waals surface area contributed by atoms with Gasteiger partial charge >= 0.3 is 0 Å². The largest absolute Gasteiger partial charge is 0.393 e. The average molecular weight is 390 g/mol. The van der Waals surface area contributed by atoms with Crippen molar-refractivity contribution in [3.05, 3.63) is 55.1 Å². The van der Waals surface area contributed by atoms with Gasteiger partial charge < -0.3 is 11.1 Å². The van der Waals surface area contributed by atoms with Crippen molar-refractivity contribution >= 4 is 56.9 Å². The van der Waals surface area contributed by atoms with E-state index in [2.05, 4.69) is 27.9 Å². The number of nitrogens with zero attached hydrogens (tertiary/aromatic N) is 1. The van der Waals surface area contributed by atoms with Crippen LogP contribution in [0.1, 0.15) is 0 Å². The van der Waals surface area contributed by atoms with Crippen molar-refractivity contribution in [3.8, 4) is 0 Å². The van der Waals surface area contributed by atoms with E-state index in [1.807, 2.05) is 18.2 Å². The molecule has 0 atom stereocenters. The number of nitro benzene ring substituents is 1. The van der Waals surface area contributed by atoms with Crippen LogP contribution in [0.3, 0.4) is 0 Å². The maximum Gasteiger partial charge on any atom is 0.292 e. The van der Waals surface area contributed by atoms with Gasteiger partial charge in [0.1, 0.15) is 5.69 Å². The molecule has 2 aromatic carbocycles. The normalized spacial score (nSPS) is 10.2. The van der Waals surface area contributed by atoms with Crippen molar-refractivity contribution in [2.45, 2.75) is 0 Å². The summed E-state index contributed by atoms with van der Waals surface area (Å²) in [5.74, 6) is 0. The standard InChI is InChI=1S/C12H9ClIN3O2/c13-9-5-7(14)1-3-11(9)16-8-2-4-12(17(18)19)10(15)6-8/h1-6,16H,15H2. The van der Waals surface area contributed by atoms with E-state index in [0.29, 0.717) is 10.7 Å². The third kappa shape index (κ3) is 3.27. The number of halogens is 2. The number of hydrogen-bond donors (Lipinski definition) is 2. The highest BCUT2D eigenvalue weighted by atomic mass is 127. The molecule has 0 saturated heterocycles. The van der Waals surface area contributed by atoms with Gasteiger partial charge in [0.05, 0.1) is 15.6 Å². The molecule has 0 aliphatic heterocycles. The third-order valence-electron chi connectivity index (χ3n) is 2.43. The van der Waals surface area contributed by atoms with Crippen LogP contribution in [0.25, 0.3) is 0 Å². The second-order valence-corrected chi connectivity index (χ2v) is 5.43. The summed E-state index contributed by atoms with van der Waals surface area (Å²) in [7, 11) is 0. The minimum absolute atomic E-state index is 0.108. The molecular weight excluding hydrogens is 381 g/mol. The number of nitrogen functional groups attached to an aromatic ring is 1. The number of nitrogens with one attached hydrogen (secondary N) is 1. The van der Waals surface area contributed by atoms with Crippen LogP contribution in [-0.2, 0) is 0 Å². The molecule has 0 amide bonds. The number of benzene rings is 2. The molecule has 0 unspecified atom stereocenters. The molecule has 0 spiro atoms. The van der Waals surface area contributed by atoms with Gasteiger partial charge in [-0.2, -0.15) is 0 Å². The molecular formula is C12H9ClIN3O2. The number of anilines is 3. The van der Waals surface area contributed by atoms with E-state index in [1.165, 1.54) is 12.1 Å². The summed E-state index contributed by atoms with van der Waals surface area (Å²) in [6.07, 6.45) is 0. The van der Waals surface area contributed by atoms with Gasteiger partial charge in [-0.15, -0.1) is 0 Å². The summed E-state index contributed by atoms with van der Waals surface area (Å²) in [5.41, 5.74) is 6.98. The fraction of sp³-hybridized carbons (Fsp3) is 0. The molecule has 0 aliphatic carbocycles. The first-order chi connectivity index (χ1) is 8.97. The van der Waals surface area contributed by atoms with Crippen molar-refractivity contribution in [1.82, 2.24) is 0 Å². The average Bonchev–Trinajstić information content (AvgIpc) is 2.32. The summed E-state index contributed by atoms with van der Waals surface area (Å²) in [5, 5.41) is 14.3. The zero-order chi connectivity index (χ0) is 14.0. The Balaban J connectivity index is 2.29. The predicted octanol–water partition coefficient (Wildman–Crippen LogP) is 4.18. The van der Waals surface area contributed by atoms with E-state index in [-0.39, 0.29) is 11.4 Å². The molecule has 0 radical (unpaired) electrons. The van der Waals surface area contributed by atoms with Gasteiger partial charge in [-0.05, 0) is 52.9 Å². The fourth-order valence-electron chi connectivity index (χ4n) is 1.54. The smallest absolute Gasteiger partial charge is 0.292 e. The van der Waals surface area contributed by atoms with E-state index < -0.39 is 4.92 Å². The van der Waals surface area contributed by atoms with Crippen molar-refractivity contribution < 1.29 is 4.92 Å². The molecule has 19 heavy (non-hydrogen) atoms. The van der Waals surface area contributed by atoms with Gasteiger partial charge in [-0.3, -0.25) is 10.1 Å². The Kier molecular flexibility index (Phi) is 4.11. The Morgan fingerprint density at radius 1 is 1.26 bits per heavy atom. The van der Waals surface area contributed by atoms with Crippen molar-refractivity contribution in [2.75, 3.05) is 11.1 Å². The molecule has 7 heteroatoms. The Hall–Kier alpha value is -1.54. The lowest BCUT2D eigenvalue weighted by atomic mass is 10.2. The summed E-state index contributed by atoms with van der Waals surface area (Å²) < 4.78 is 1.02. The van der Waals surface area contributed by atoms with Gasteiger partial charge in [0, 0.05) is 15.3 Å². The summed E-state index contributed by atoms with van der Waals surface area (Å²) in [6.45, 7) is 0. The third-order valence-corrected chi connectivity index (χ3v) is 3.42. The number of rotatable bonds is 3. The van der Waals surface area contributed by atoms with Gasteiger partial charge in [-0.1, -0.05) is 11.6 Å². The summed E-state index contributed by atoms with van der Waals surface area (Å²) in [6, 6.07) is 10.0. The first-order valence-electron chi connectivity index (χ1n) is 5.23. The minimum Gasteiger partial charge on any atom is -0.393 e. The summed E-state index contributed by atoms with van der Waals surface area (Å²) >= 11 is 8.26. The Labute approximate surface area is 128 Å². The fourth-order valence-corrected chi connectivity index (χ4v) is 2.45. The quantitative estimate of drug-likeness (QED) is 0.357. The lowest BCUT2D eigenvalue weighted by molar-refractivity contribution is -0.383. The van der Waals surface area contributed by atoms with Crippen LogP contribution >= 0.6 is 34.2 Å². The van der Waals surface area contributed by atoms with Crippen molar-refractivity contribution in [2.24, 2.45) is 0 Å². The Bertz CT molecular complexity index is 649. The number of nitro groups is 1. The van der Waals surface area contributed by atoms with Crippen molar-refractivity contribution in [1.29, 1.82) is 0 Å². The highest BCUT2D eigenvalue weighted by molar-refractivity contribution is 14.1. The SMILES string of the molecule is Nc1cc(Nc2ccc(I)cc2Cl)ccc1[N+](=O)[O-]. The van der Waals surface area contributed by atoms with Crippen LogP contribution in [0.2, 0.25) is 5.02 Å². The zero-order valence-corrected chi connectivity index (χ0v) is 12.5. The van der Waals surface area contributed by atoms with Gasteiger partial charge in [0.25, 0.3) is 5.69 Å². The van der Waals surface area contributed by atoms with E-state index in [9.17, 15) is 10.1 Å². The first-order valence-corrected chi connectivity index (χ1v) is 6.69. The first kappa shape index (κ1) is 13.9. The topological polar surface area (TPSA) is 81.2 Å². The van der Waals surface area contributed by atoms with Crippen LogP contribution in [0.4, 0.5) is 22.7 Å². The molecule has 5 nitrogen and oxygen atoms in total. The van der Waals surface area contributed by atoms with E-state index in [4.69, 9.17) is 17.3 Å². The van der Waals surface area contributed by atoms with Crippen LogP contribution < -0.4 is 11.1 Å². The van der Waals surface area contributed by atoms with Crippen molar-refractivity contribution in [3.63, 3.8) is 0 Å². The number of hydrogen-bond acceptors (Lipinski definition) is 4. The highest BCUT2D eigenvalue weighted by Crippen LogP contribution is 2.30. The van der Waals surface area contributed by atoms with E-state index in [1.54, 1.807) is 6.07 Å². The van der Waals surface area contributed by atoms with Gasteiger partial charge in [-0.25, -0.2) is 0 Å². The lowest BCUT2D eigenvalue weighted by Gasteiger charge is -2.09. The summed E-state index contributed by atoms with van der Waals surface area (Å²) in [4.78, 5) is 10.1. The van der Waals surface area contributed by atoms with Crippen LogP contribution in [0.15, 0.2) is 36.4 Å². The Morgan fingerprint density at radius 2 is 2.00 bits per heavy atom. The monoisotopic (exact) mass is 389 g/mol. The zero-order valence-electron chi connectivity index (χ0n) is 9.56. The molecule has 3 N–H and O–H groups in total. The minimum atomic E-state index is -0.517. The second-order valence-electron chi connectivity index (χ2n) is 3.78. The molecule has 0 saturated carbocycles. The molecule has 0 fully saturated rings. The molecule has 0 bridgehead atoms. The lowest BCUT2D eigenvalue weighted by Crippen LogP contribution is -1.98.